The summed E-state index contributed by atoms with van der Waals surface area (Å²) in [5.41, 5.74) is 3.12. The van der Waals surface area contributed by atoms with Crippen LogP contribution in [0.25, 0.3) is 10.2 Å². The molecule has 2 heterocycles. The second kappa shape index (κ2) is 8.16. The number of anilines is 2. The van der Waals surface area contributed by atoms with Crippen LogP contribution < -0.4 is 15.0 Å². The Balaban J connectivity index is 1.35. The van der Waals surface area contributed by atoms with Gasteiger partial charge in [0.2, 0.25) is 5.91 Å². The van der Waals surface area contributed by atoms with E-state index in [0.29, 0.717) is 18.2 Å². The van der Waals surface area contributed by atoms with Gasteiger partial charge in [-0.15, -0.1) is 0 Å². The minimum Gasteiger partial charge on any atom is -0.489 e. The summed E-state index contributed by atoms with van der Waals surface area (Å²) in [6, 6.07) is 26.1. The highest BCUT2D eigenvalue weighted by Crippen LogP contribution is 2.35. The molecule has 1 aromatic heterocycles. The summed E-state index contributed by atoms with van der Waals surface area (Å²) in [6.45, 7) is 1.19. The summed E-state index contributed by atoms with van der Waals surface area (Å²) in [5.74, 6) is 0.802. The lowest BCUT2D eigenvalue weighted by Crippen LogP contribution is -2.44. The number of fused-ring (bicyclic) bond motifs is 2. The third-order valence-corrected chi connectivity index (χ3v) is 6.16. The van der Waals surface area contributed by atoms with Crippen molar-refractivity contribution in [1.82, 2.24) is 4.98 Å². The molecule has 1 aliphatic rings. The summed E-state index contributed by atoms with van der Waals surface area (Å²) < 4.78 is 7.03. The molecule has 0 spiro atoms. The van der Waals surface area contributed by atoms with Gasteiger partial charge in [-0.2, -0.15) is 0 Å². The number of carbonyl (C=O) groups excluding carboxylic acids is 1. The monoisotopic (exact) mass is 415 g/mol. The molecule has 4 aromatic rings. The Morgan fingerprint density at radius 2 is 1.80 bits per heavy atom. The van der Waals surface area contributed by atoms with E-state index < -0.39 is 0 Å². The first-order valence-corrected chi connectivity index (χ1v) is 10.8. The van der Waals surface area contributed by atoms with Crippen molar-refractivity contribution in [3.63, 3.8) is 0 Å². The number of para-hydroxylation sites is 3. The van der Waals surface area contributed by atoms with Crippen LogP contribution in [0.2, 0.25) is 0 Å². The Hall–Kier alpha value is -3.38. The van der Waals surface area contributed by atoms with Gasteiger partial charge in [-0.25, -0.2) is 4.98 Å². The van der Waals surface area contributed by atoms with Crippen LogP contribution in [-0.4, -0.2) is 23.5 Å². The number of rotatable bonds is 5. The summed E-state index contributed by atoms with van der Waals surface area (Å²) in [4.78, 5) is 19.6. The third kappa shape index (κ3) is 3.86. The quantitative estimate of drug-likeness (QED) is 0.493. The van der Waals surface area contributed by atoms with Gasteiger partial charge >= 0.3 is 0 Å². The highest BCUT2D eigenvalue weighted by Gasteiger charge is 2.29. The molecule has 1 amide bonds. The molecule has 3 aromatic carbocycles. The minimum absolute atomic E-state index is 0.0555. The summed E-state index contributed by atoms with van der Waals surface area (Å²) >= 11 is 1.49. The summed E-state index contributed by atoms with van der Waals surface area (Å²) in [5, 5.41) is 3.61. The van der Waals surface area contributed by atoms with Crippen LogP contribution in [-0.2, 0) is 11.3 Å². The lowest BCUT2D eigenvalue weighted by atomic mass is 10.1. The molecule has 1 atom stereocenters. The van der Waals surface area contributed by atoms with Crippen LogP contribution in [0.3, 0.4) is 0 Å². The number of aromatic nitrogens is 1. The fourth-order valence-corrected chi connectivity index (χ4v) is 4.64. The lowest BCUT2D eigenvalue weighted by Gasteiger charge is -2.38. The molecule has 6 heteroatoms. The zero-order chi connectivity index (χ0) is 20.3. The SMILES string of the molecule is O=C(C[C@@H]1COc2ccccc2N1Cc1ccccc1)Nc1nc2ccccc2s1. The largest absolute Gasteiger partial charge is 0.489 e. The normalized spacial score (nSPS) is 15.5. The van der Waals surface area contributed by atoms with Gasteiger partial charge in [0, 0.05) is 6.54 Å². The Labute approximate surface area is 178 Å². The van der Waals surface area contributed by atoms with Gasteiger partial charge in [0.25, 0.3) is 0 Å². The zero-order valence-electron chi connectivity index (χ0n) is 16.3. The van der Waals surface area contributed by atoms with Crippen molar-refractivity contribution in [2.45, 2.75) is 19.0 Å². The Kier molecular flexibility index (Phi) is 5.07. The van der Waals surface area contributed by atoms with Gasteiger partial charge in [-0.05, 0) is 29.8 Å². The minimum atomic E-state index is -0.0607. The average Bonchev–Trinajstić information content (AvgIpc) is 3.18. The molecule has 1 aliphatic heterocycles. The maximum absolute atomic E-state index is 12.8. The number of nitrogens with one attached hydrogen (secondary N) is 1. The van der Waals surface area contributed by atoms with Crippen molar-refractivity contribution < 1.29 is 9.53 Å². The van der Waals surface area contributed by atoms with Gasteiger partial charge in [0.05, 0.1) is 28.4 Å². The maximum atomic E-state index is 12.8. The second-order valence-electron chi connectivity index (χ2n) is 7.29. The molecule has 0 unspecified atom stereocenters. The molecular weight excluding hydrogens is 394 g/mol. The number of hydrogen-bond acceptors (Lipinski definition) is 5. The van der Waals surface area contributed by atoms with E-state index in [1.807, 2.05) is 60.7 Å². The van der Waals surface area contributed by atoms with Gasteiger partial charge in [0.1, 0.15) is 12.4 Å². The van der Waals surface area contributed by atoms with Crippen LogP contribution >= 0.6 is 11.3 Å². The van der Waals surface area contributed by atoms with Crippen molar-refractivity contribution in [3.8, 4) is 5.75 Å². The summed E-state index contributed by atoms with van der Waals surface area (Å²) in [7, 11) is 0. The molecule has 0 fully saturated rings. The van der Waals surface area contributed by atoms with Crippen molar-refractivity contribution in [3.05, 3.63) is 84.4 Å². The van der Waals surface area contributed by atoms with Crippen molar-refractivity contribution in [1.29, 1.82) is 0 Å². The third-order valence-electron chi connectivity index (χ3n) is 5.20. The highest BCUT2D eigenvalue weighted by atomic mass is 32.1. The zero-order valence-corrected chi connectivity index (χ0v) is 17.1. The van der Waals surface area contributed by atoms with Crippen molar-refractivity contribution in [2.75, 3.05) is 16.8 Å². The predicted octanol–water partition coefficient (Wildman–Crippen LogP) is 5.09. The fourth-order valence-electron chi connectivity index (χ4n) is 3.76. The molecule has 0 aliphatic carbocycles. The molecule has 0 saturated heterocycles. The Morgan fingerprint density at radius 1 is 1.03 bits per heavy atom. The molecule has 5 rings (SSSR count). The van der Waals surface area contributed by atoms with Crippen LogP contribution in [0.1, 0.15) is 12.0 Å². The molecule has 5 nitrogen and oxygen atoms in total. The van der Waals surface area contributed by atoms with E-state index in [1.165, 1.54) is 16.9 Å². The molecule has 150 valence electrons. The first-order chi connectivity index (χ1) is 14.8. The molecule has 0 saturated carbocycles. The van der Waals surface area contributed by atoms with Gasteiger partial charge < -0.3 is 15.0 Å². The predicted molar refractivity (Wildman–Crippen MR) is 121 cm³/mol. The first kappa shape index (κ1) is 18.6. The number of amides is 1. The Bertz CT molecular complexity index is 1140. The molecule has 0 bridgehead atoms. The van der Waals surface area contributed by atoms with Crippen LogP contribution in [0.5, 0.6) is 5.75 Å². The number of nitrogens with zero attached hydrogens (tertiary/aromatic N) is 2. The first-order valence-electron chi connectivity index (χ1n) is 9.94. The summed E-state index contributed by atoms with van der Waals surface area (Å²) in [6.07, 6.45) is 0.330. The van der Waals surface area contributed by atoms with E-state index in [9.17, 15) is 4.79 Å². The lowest BCUT2D eigenvalue weighted by molar-refractivity contribution is -0.116. The van der Waals surface area contributed by atoms with Gasteiger partial charge in [-0.1, -0.05) is 65.9 Å². The van der Waals surface area contributed by atoms with Crippen molar-refractivity contribution >= 4 is 38.3 Å². The van der Waals surface area contributed by atoms with Gasteiger partial charge in [0.15, 0.2) is 5.13 Å². The smallest absolute Gasteiger partial charge is 0.228 e. The molecule has 0 radical (unpaired) electrons. The maximum Gasteiger partial charge on any atom is 0.228 e. The molecule has 30 heavy (non-hydrogen) atoms. The van der Waals surface area contributed by atoms with Crippen LogP contribution in [0.15, 0.2) is 78.9 Å². The average molecular weight is 416 g/mol. The number of ether oxygens (including phenoxy) is 1. The van der Waals surface area contributed by atoms with Crippen molar-refractivity contribution in [2.24, 2.45) is 0 Å². The number of benzene rings is 3. The Morgan fingerprint density at radius 3 is 2.67 bits per heavy atom. The number of thiazole rings is 1. The van der Waals surface area contributed by atoms with E-state index in [-0.39, 0.29) is 11.9 Å². The van der Waals surface area contributed by atoms with Crippen LogP contribution in [0, 0.1) is 0 Å². The van der Waals surface area contributed by atoms with Crippen LogP contribution in [0.4, 0.5) is 10.8 Å². The fraction of sp³-hybridized carbons (Fsp3) is 0.167. The topological polar surface area (TPSA) is 54.5 Å². The van der Waals surface area contributed by atoms with Gasteiger partial charge in [-0.3, -0.25) is 4.79 Å². The molecule has 1 N–H and O–H groups in total. The van der Waals surface area contributed by atoms with E-state index in [0.717, 1.165) is 28.2 Å². The standard InChI is InChI=1S/C24H21N3O2S/c28-23(26-24-25-19-10-4-7-13-22(19)30-24)14-18-16-29-21-12-6-5-11-20(21)27(18)15-17-8-2-1-3-9-17/h1-13,18H,14-16H2,(H,25,26,28)/t18-/m1/s1. The van der Waals surface area contributed by atoms with E-state index in [4.69, 9.17) is 4.74 Å². The second-order valence-corrected chi connectivity index (χ2v) is 8.32. The number of hydrogen-bond donors (Lipinski definition) is 1. The highest BCUT2D eigenvalue weighted by molar-refractivity contribution is 7.22. The van der Waals surface area contributed by atoms with E-state index in [1.54, 1.807) is 0 Å². The molecular formula is C24H21N3O2S. The van der Waals surface area contributed by atoms with E-state index in [2.05, 4.69) is 33.4 Å². The van der Waals surface area contributed by atoms with E-state index >= 15 is 0 Å². The number of carbonyl (C=O) groups is 1.